The third-order valence-corrected chi connectivity index (χ3v) is 7.89. The van der Waals surface area contributed by atoms with E-state index < -0.39 is 0 Å². The standard InChI is InChI=1S/C35H32N6O3/c1-38-17-19-39(20-18-38)35(43)33-16-15-32(44-33)28-11-13-30(14-12-28)41(34(42)29-5-3-2-4-6-29)24-31-22-37-25-40(31)23-27-9-7-26(21-36)8-10-27/h2-16,22,25H,17-20,23-24H2,1H3. The van der Waals surface area contributed by atoms with Crippen LogP contribution >= 0.6 is 0 Å². The van der Waals surface area contributed by atoms with E-state index >= 15 is 0 Å². The molecule has 0 spiro atoms. The first-order valence-corrected chi connectivity index (χ1v) is 14.5. The van der Waals surface area contributed by atoms with Gasteiger partial charge in [0.15, 0.2) is 5.76 Å². The lowest BCUT2D eigenvalue weighted by atomic mass is 10.1. The Labute approximate surface area is 256 Å². The van der Waals surface area contributed by atoms with Crippen molar-refractivity contribution in [1.29, 1.82) is 5.26 Å². The molecule has 1 fully saturated rings. The predicted molar refractivity (Wildman–Crippen MR) is 167 cm³/mol. The Morgan fingerprint density at radius 2 is 1.64 bits per heavy atom. The van der Waals surface area contributed by atoms with Gasteiger partial charge in [0.1, 0.15) is 5.76 Å². The largest absolute Gasteiger partial charge is 0.451 e. The summed E-state index contributed by atoms with van der Waals surface area (Å²) in [6, 6.07) is 29.9. The van der Waals surface area contributed by atoms with Crippen LogP contribution < -0.4 is 4.90 Å². The van der Waals surface area contributed by atoms with E-state index in [0.717, 1.165) is 29.9 Å². The van der Waals surface area contributed by atoms with Gasteiger partial charge in [0.25, 0.3) is 11.8 Å². The zero-order valence-corrected chi connectivity index (χ0v) is 24.5. The smallest absolute Gasteiger partial charge is 0.289 e. The van der Waals surface area contributed by atoms with E-state index in [-0.39, 0.29) is 11.8 Å². The minimum absolute atomic E-state index is 0.0989. The molecule has 1 saturated heterocycles. The van der Waals surface area contributed by atoms with Crippen molar-refractivity contribution < 1.29 is 14.0 Å². The maximum atomic E-state index is 13.8. The van der Waals surface area contributed by atoms with Gasteiger partial charge in [-0.3, -0.25) is 9.59 Å². The fourth-order valence-corrected chi connectivity index (χ4v) is 5.26. The number of amides is 2. The fourth-order valence-electron chi connectivity index (χ4n) is 5.26. The number of furan rings is 1. The molecule has 2 amide bonds. The number of carbonyl (C=O) groups excluding carboxylic acids is 2. The summed E-state index contributed by atoms with van der Waals surface area (Å²) in [4.78, 5) is 36.9. The van der Waals surface area contributed by atoms with Crippen LogP contribution in [0.4, 0.5) is 5.69 Å². The van der Waals surface area contributed by atoms with Gasteiger partial charge < -0.3 is 23.7 Å². The van der Waals surface area contributed by atoms with Gasteiger partial charge in [-0.15, -0.1) is 0 Å². The molecule has 0 N–H and O–H groups in total. The van der Waals surface area contributed by atoms with Gasteiger partial charge in [0, 0.05) is 55.7 Å². The molecule has 9 heteroatoms. The highest BCUT2D eigenvalue weighted by Gasteiger charge is 2.24. The molecule has 3 aromatic carbocycles. The lowest BCUT2D eigenvalue weighted by Gasteiger charge is -2.31. The summed E-state index contributed by atoms with van der Waals surface area (Å²) in [5.41, 5.74) is 4.60. The number of carbonyl (C=O) groups is 2. The number of piperazine rings is 1. The molecule has 0 atom stereocenters. The zero-order chi connectivity index (χ0) is 30.5. The Bertz CT molecular complexity index is 1780. The van der Waals surface area contributed by atoms with E-state index in [1.54, 1.807) is 47.8 Å². The molecular formula is C35H32N6O3. The highest BCUT2D eigenvalue weighted by Crippen LogP contribution is 2.28. The normalized spacial score (nSPS) is 13.4. The summed E-state index contributed by atoms with van der Waals surface area (Å²) in [6.45, 7) is 3.90. The number of nitriles is 1. The van der Waals surface area contributed by atoms with Crippen LogP contribution in [0, 0.1) is 11.3 Å². The van der Waals surface area contributed by atoms with Crippen molar-refractivity contribution in [3.8, 4) is 17.4 Å². The van der Waals surface area contributed by atoms with Gasteiger partial charge in [-0.2, -0.15) is 5.26 Å². The fraction of sp³-hybridized carbons (Fsp3) is 0.200. The summed E-state index contributed by atoms with van der Waals surface area (Å²) >= 11 is 0. The van der Waals surface area contributed by atoms with Crippen LogP contribution in [0.1, 0.15) is 37.7 Å². The highest BCUT2D eigenvalue weighted by atomic mass is 16.4. The molecule has 0 unspecified atom stereocenters. The molecule has 2 aromatic heterocycles. The Morgan fingerprint density at radius 3 is 2.34 bits per heavy atom. The van der Waals surface area contributed by atoms with E-state index in [1.807, 2.05) is 70.1 Å². The number of nitrogens with zero attached hydrogens (tertiary/aromatic N) is 6. The van der Waals surface area contributed by atoms with Crippen LogP contribution in [0.25, 0.3) is 11.3 Å². The van der Waals surface area contributed by atoms with E-state index in [9.17, 15) is 9.59 Å². The summed E-state index contributed by atoms with van der Waals surface area (Å²) in [5, 5.41) is 9.12. The minimum Gasteiger partial charge on any atom is -0.451 e. The van der Waals surface area contributed by atoms with Crippen molar-refractivity contribution >= 4 is 17.5 Å². The number of likely N-dealkylation sites (N-methyl/N-ethyl adjacent to an activating group) is 1. The average molecular weight is 585 g/mol. The lowest BCUT2D eigenvalue weighted by molar-refractivity contribution is 0.0633. The van der Waals surface area contributed by atoms with Crippen LogP contribution in [0.15, 0.2) is 108 Å². The minimum atomic E-state index is -0.137. The quantitative estimate of drug-likeness (QED) is 0.246. The van der Waals surface area contributed by atoms with Crippen LogP contribution in [0.3, 0.4) is 0 Å². The topological polar surface area (TPSA) is 98.6 Å². The summed E-state index contributed by atoms with van der Waals surface area (Å²) in [7, 11) is 2.05. The van der Waals surface area contributed by atoms with Gasteiger partial charge in [0.05, 0.1) is 30.2 Å². The molecule has 0 aliphatic carbocycles. The van der Waals surface area contributed by atoms with Crippen molar-refractivity contribution in [3.05, 3.63) is 132 Å². The maximum Gasteiger partial charge on any atom is 0.289 e. The maximum absolute atomic E-state index is 13.8. The average Bonchev–Trinajstić information content (AvgIpc) is 3.74. The molecule has 1 aliphatic heterocycles. The number of hydrogen-bond acceptors (Lipinski definition) is 6. The number of hydrogen-bond donors (Lipinski definition) is 0. The summed E-state index contributed by atoms with van der Waals surface area (Å²) in [5.74, 6) is 0.682. The number of aromatic nitrogens is 2. The van der Waals surface area contributed by atoms with Gasteiger partial charge in [0.2, 0.25) is 0 Å². The van der Waals surface area contributed by atoms with E-state index in [2.05, 4.69) is 23.0 Å². The van der Waals surface area contributed by atoms with Crippen molar-refractivity contribution in [2.45, 2.75) is 13.1 Å². The SMILES string of the molecule is CN1CCN(C(=O)c2ccc(-c3ccc(N(Cc4cncn4Cc4ccc(C#N)cc4)C(=O)c4ccccc4)cc3)o2)CC1. The monoisotopic (exact) mass is 584 g/mol. The van der Waals surface area contributed by atoms with Crippen molar-refractivity contribution in [3.63, 3.8) is 0 Å². The van der Waals surface area contributed by atoms with Crippen LogP contribution in [-0.2, 0) is 13.1 Å². The first kappa shape index (κ1) is 28.6. The molecule has 0 bridgehead atoms. The third kappa shape index (κ3) is 6.31. The third-order valence-electron chi connectivity index (χ3n) is 7.89. The number of imidazole rings is 1. The van der Waals surface area contributed by atoms with Crippen molar-refractivity contribution in [2.75, 3.05) is 38.1 Å². The predicted octanol–water partition coefficient (Wildman–Crippen LogP) is 5.30. The second-order valence-corrected chi connectivity index (χ2v) is 10.9. The van der Waals surface area contributed by atoms with E-state index in [4.69, 9.17) is 9.68 Å². The summed E-state index contributed by atoms with van der Waals surface area (Å²) in [6.07, 6.45) is 3.52. The molecule has 220 valence electrons. The molecular weight excluding hydrogens is 552 g/mol. The number of anilines is 1. The molecule has 5 aromatic rings. The Kier molecular flexibility index (Phi) is 8.34. The lowest BCUT2D eigenvalue weighted by Crippen LogP contribution is -2.47. The molecule has 3 heterocycles. The Balaban J connectivity index is 1.23. The number of benzene rings is 3. The van der Waals surface area contributed by atoms with Crippen LogP contribution in [0.5, 0.6) is 0 Å². The Morgan fingerprint density at radius 1 is 0.909 bits per heavy atom. The van der Waals surface area contributed by atoms with Gasteiger partial charge in [-0.1, -0.05) is 30.3 Å². The van der Waals surface area contributed by atoms with Crippen molar-refractivity contribution in [2.24, 2.45) is 0 Å². The molecule has 9 nitrogen and oxygen atoms in total. The van der Waals surface area contributed by atoms with E-state index in [0.29, 0.717) is 54.5 Å². The molecule has 44 heavy (non-hydrogen) atoms. The highest BCUT2D eigenvalue weighted by molar-refractivity contribution is 6.06. The van der Waals surface area contributed by atoms with Gasteiger partial charge in [-0.25, -0.2) is 4.98 Å². The zero-order valence-electron chi connectivity index (χ0n) is 24.5. The molecule has 0 radical (unpaired) electrons. The number of rotatable bonds is 8. The van der Waals surface area contributed by atoms with Crippen molar-refractivity contribution in [1.82, 2.24) is 19.4 Å². The van der Waals surface area contributed by atoms with Crippen LogP contribution in [0.2, 0.25) is 0 Å². The second kappa shape index (κ2) is 12.8. The molecule has 6 rings (SSSR count). The van der Waals surface area contributed by atoms with Crippen LogP contribution in [-0.4, -0.2) is 64.4 Å². The Hall–Kier alpha value is -5.46. The molecule has 0 saturated carbocycles. The second-order valence-electron chi connectivity index (χ2n) is 10.9. The van der Waals surface area contributed by atoms with E-state index in [1.165, 1.54) is 0 Å². The first-order chi connectivity index (χ1) is 21.5. The first-order valence-electron chi connectivity index (χ1n) is 14.5. The molecule has 1 aliphatic rings. The summed E-state index contributed by atoms with van der Waals surface area (Å²) < 4.78 is 7.99. The van der Waals surface area contributed by atoms with Gasteiger partial charge >= 0.3 is 0 Å². The van der Waals surface area contributed by atoms with Gasteiger partial charge in [-0.05, 0) is 73.3 Å².